The van der Waals surface area contributed by atoms with Crippen LogP contribution in [0.25, 0.3) is 11.4 Å². The number of aryl methyl sites for hydroxylation is 2. The lowest BCUT2D eigenvalue weighted by Crippen LogP contribution is -2.12. The molecular formula is C13H15ClF3N3O2. The monoisotopic (exact) mass is 337 g/mol. The maximum Gasteiger partial charge on any atom is 0.388 e. The Hall–Kier alpha value is -1.96. The van der Waals surface area contributed by atoms with Gasteiger partial charge in [-0.3, -0.25) is 4.79 Å². The lowest BCUT2D eigenvalue weighted by molar-refractivity contribution is -0.0552. The standard InChI is InChI=1S/C11H9ClF3N3O2.C2H6/c1-4-3-5(13)7(16-9(4)19)8-6(12)10(18(2)17-8)20-11(14)15;1-2/h3,11H,1-2H3,(H,16,19);1-2H3. The zero-order valence-corrected chi connectivity index (χ0v) is 13.1. The first-order chi connectivity index (χ1) is 10.3. The van der Waals surface area contributed by atoms with Crippen LogP contribution in [0.4, 0.5) is 13.2 Å². The van der Waals surface area contributed by atoms with Crippen molar-refractivity contribution in [3.05, 3.63) is 32.8 Å². The predicted molar refractivity (Wildman–Crippen MR) is 76.9 cm³/mol. The number of halogens is 4. The van der Waals surface area contributed by atoms with Gasteiger partial charge in [0.1, 0.15) is 22.2 Å². The Kier molecular flexibility index (Phi) is 6.04. The molecule has 2 aromatic heterocycles. The van der Waals surface area contributed by atoms with Gasteiger partial charge in [0, 0.05) is 12.6 Å². The van der Waals surface area contributed by atoms with Crippen LogP contribution in [-0.4, -0.2) is 21.4 Å². The van der Waals surface area contributed by atoms with E-state index in [4.69, 9.17) is 11.6 Å². The number of pyridine rings is 1. The number of hydrogen-bond donors (Lipinski definition) is 1. The second-order valence-corrected chi connectivity index (χ2v) is 4.35. The van der Waals surface area contributed by atoms with E-state index in [9.17, 15) is 18.0 Å². The third kappa shape index (κ3) is 3.62. The highest BCUT2D eigenvalue weighted by atomic mass is 35.5. The van der Waals surface area contributed by atoms with E-state index in [2.05, 4.69) is 14.8 Å². The van der Waals surface area contributed by atoms with Crippen LogP contribution < -0.4 is 10.3 Å². The normalized spacial score (nSPS) is 10.4. The summed E-state index contributed by atoms with van der Waals surface area (Å²) in [7, 11) is 1.30. The van der Waals surface area contributed by atoms with Crippen LogP contribution in [0, 0.1) is 12.7 Å². The lowest BCUT2D eigenvalue weighted by atomic mass is 10.2. The molecule has 2 heterocycles. The number of aromatic amines is 1. The number of H-pyrrole nitrogens is 1. The molecule has 0 amide bonds. The maximum atomic E-state index is 13.8. The topological polar surface area (TPSA) is 59.9 Å². The summed E-state index contributed by atoms with van der Waals surface area (Å²) in [6.07, 6.45) is 0. The average Bonchev–Trinajstić information content (AvgIpc) is 2.72. The van der Waals surface area contributed by atoms with Crippen LogP contribution in [0.3, 0.4) is 0 Å². The minimum atomic E-state index is -3.10. The summed E-state index contributed by atoms with van der Waals surface area (Å²) in [5, 5.41) is 3.47. The Balaban J connectivity index is 0.00000116. The average molecular weight is 338 g/mol. The molecule has 0 aliphatic carbocycles. The van der Waals surface area contributed by atoms with Gasteiger partial charge in [-0.05, 0) is 13.0 Å². The van der Waals surface area contributed by atoms with Gasteiger partial charge in [-0.15, -0.1) is 0 Å². The molecule has 0 saturated heterocycles. The second-order valence-electron chi connectivity index (χ2n) is 3.97. The summed E-state index contributed by atoms with van der Waals surface area (Å²) in [5.74, 6) is -1.19. The molecule has 0 fully saturated rings. The van der Waals surface area contributed by atoms with Gasteiger partial charge >= 0.3 is 6.61 Å². The molecule has 0 atom stereocenters. The number of rotatable bonds is 3. The summed E-state index contributed by atoms with van der Waals surface area (Å²) in [5.41, 5.74) is -0.827. The molecule has 0 unspecified atom stereocenters. The van der Waals surface area contributed by atoms with E-state index in [0.29, 0.717) is 0 Å². The van der Waals surface area contributed by atoms with Gasteiger partial charge in [-0.1, -0.05) is 25.4 Å². The first-order valence-corrected chi connectivity index (χ1v) is 6.76. The molecule has 0 bridgehead atoms. The summed E-state index contributed by atoms with van der Waals surface area (Å²) in [4.78, 5) is 13.8. The number of nitrogens with one attached hydrogen (secondary N) is 1. The van der Waals surface area contributed by atoms with Gasteiger partial charge in [-0.25, -0.2) is 9.07 Å². The van der Waals surface area contributed by atoms with Gasteiger partial charge < -0.3 is 9.72 Å². The molecule has 5 nitrogen and oxygen atoms in total. The van der Waals surface area contributed by atoms with Gasteiger partial charge in [0.2, 0.25) is 5.88 Å². The molecule has 22 heavy (non-hydrogen) atoms. The maximum absolute atomic E-state index is 13.8. The van der Waals surface area contributed by atoms with Crippen molar-refractivity contribution in [1.82, 2.24) is 14.8 Å². The largest absolute Gasteiger partial charge is 0.416 e. The van der Waals surface area contributed by atoms with Gasteiger partial charge in [-0.2, -0.15) is 13.9 Å². The lowest BCUT2D eigenvalue weighted by Gasteiger charge is -2.04. The Morgan fingerprint density at radius 1 is 1.41 bits per heavy atom. The Morgan fingerprint density at radius 2 is 2.00 bits per heavy atom. The quantitative estimate of drug-likeness (QED) is 0.932. The predicted octanol–water partition coefficient (Wildman–Crippen LogP) is 3.50. The van der Waals surface area contributed by atoms with Gasteiger partial charge in [0.15, 0.2) is 0 Å². The van der Waals surface area contributed by atoms with Crippen molar-refractivity contribution in [1.29, 1.82) is 0 Å². The molecule has 122 valence electrons. The number of nitrogens with zero attached hydrogens (tertiary/aromatic N) is 2. The number of hydrogen-bond acceptors (Lipinski definition) is 3. The fourth-order valence-corrected chi connectivity index (χ4v) is 1.93. The smallest absolute Gasteiger partial charge is 0.388 e. The second kappa shape index (κ2) is 7.35. The minimum Gasteiger partial charge on any atom is -0.416 e. The van der Waals surface area contributed by atoms with Crippen molar-refractivity contribution >= 4 is 11.6 Å². The Labute approximate surface area is 129 Å². The van der Waals surface area contributed by atoms with Crippen molar-refractivity contribution in [2.24, 2.45) is 7.05 Å². The fraction of sp³-hybridized carbons (Fsp3) is 0.385. The summed E-state index contributed by atoms with van der Waals surface area (Å²) in [6, 6.07) is 1.01. The molecule has 9 heteroatoms. The molecule has 0 radical (unpaired) electrons. The van der Waals surface area contributed by atoms with Crippen LogP contribution in [0.15, 0.2) is 10.9 Å². The molecule has 0 aromatic carbocycles. The summed E-state index contributed by atoms with van der Waals surface area (Å²) in [6.45, 7) is 2.33. The molecule has 0 saturated carbocycles. The molecule has 2 rings (SSSR count). The van der Waals surface area contributed by atoms with E-state index in [1.54, 1.807) is 0 Å². The minimum absolute atomic E-state index is 0.169. The van der Waals surface area contributed by atoms with Crippen molar-refractivity contribution < 1.29 is 17.9 Å². The van der Waals surface area contributed by atoms with E-state index < -0.39 is 23.9 Å². The summed E-state index contributed by atoms with van der Waals surface area (Å²) < 4.78 is 43.4. The van der Waals surface area contributed by atoms with Crippen LogP contribution >= 0.6 is 11.6 Å². The molecule has 0 spiro atoms. The molecule has 0 aliphatic rings. The zero-order chi connectivity index (χ0) is 17.0. The molecule has 0 aliphatic heterocycles. The zero-order valence-electron chi connectivity index (χ0n) is 12.4. The highest BCUT2D eigenvalue weighted by Crippen LogP contribution is 2.35. The first kappa shape index (κ1) is 18.1. The van der Waals surface area contributed by atoms with E-state index in [-0.39, 0.29) is 22.0 Å². The van der Waals surface area contributed by atoms with E-state index in [1.807, 2.05) is 13.8 Å². The molecule has 2 aromatic rings. The Bertz CT molecular complexity index is 713. The van der Waals surface area contributed by atoms with Crippen molar-refractivity contribution in [2.45, 2.75) is 27.4 Å². The highest BCUT2D eigenvalue weighted by molar-refractivity contribution is 6.34. The van der Waals surface area contributed by atoms with Gasteiger partial charge in [0.25, 0.3) is 5.56 Å². The first-order valence-electron chi connectivity index (χ1n) is 6.38. The number of aromatic nitrogens is 3. The highest BCUT2D eigenvalue weighted by Gasteiger charge is 2.23. The van der Waals surface area contributed by atoms with E-state index in [1.165, 1.54) is 14.0 Å². The Morgan fingerprint density at radius 3 is 2.55 bits per heavy atom. The third-order valence-corrected chi connectivity index (χ3v) is 2.90. The van der Waals surface area contributed by atoms with E-state index in [0.717, 1.165) is 10.7 Å². The summed E-state index contributed by atoms with van der Waals surface area (Å²) >= 11 is 5.84. The van der Waals surface area contributed by atoms with Crippen LogP contribution in [0.1, 0.15) is 19.4 Å². The van der Waals surface area contributed by atoms with E-state index >= 15 is 0 Å². The van der Waals surface area contributed by atoms with Crippen LogP contribution in [0.2, 0.25) is 5.02 Å². The van der Waals surface area contributed by atoms with Crippen LogP contribution in [0.5, 0.6) is 5.88 Å². The van der Waals surface area contributed by atoms with Gasteiger partial charge in [0.05, 0.1) is 0 Å². The number of alkyl halides is 2. The van der Waals surface area contributed by atoms with Crippen molar-refractivity contribution in [2.75, 3.05) is 0 Å². The van der Waals surface area contributed by atoms with Crippen molar-refractivity contribution in [3.8, 4) is 17.3 Å². The van der Waals surface area contributed by atoms with Crippen LogP contribution in [-0.2, 0) is 7.05 Å². The fourth-order valence-electron chi connectivity index (χ4n) is 1.63. The molecule has 1 N–H and O–H groups in total. The number of ether oxygens (including phenoxy) is 1. The third-order valence-electron chi connectivity index (χ3n) is 2.56. The molecular weight excluding hydrogens is 323 g/mol. The van der Waals surface area contributed by atoms with Crippen molar-refractivity contribution in [3.63, 3.8) is 0 Å². The SMILES string of the molecule is CC.Cc1cc(F)c(-c2nn(C)c(OC(F)F)c2Cl)[nH]c1=O.